The van der Waals surface area contributed by atoms with Crippen LogP contribution in [0.1, 0.15) is 11.3 Å². The lowest BCUT2D eigenvalue weighted by molar-refractivity contribution is -0.122. The van der Waals surface area contributed by atoms with Gasteiger partial charge in [-0.25, -0.2) is 4.39 Å². The summed E-state index contributed by atoms with van der Waals surface area (Å²) in [5.41, 5.74) is 2.02. The van der Waals surface area contributed by atoms with E-state index < -0.39 is 11.8 Å². The van der Waals surface area contributed by atoms with Gasteiger partial charge in [0.25, 0.3) is 11.8 Å². The van der Waals surface area contributed by atoms with Gasteiger partial charge in [0.1, 0.15) is 22.9 Å². The molecule has 7 heteroatoms. The highest BCUT2D eigenvalue weighted by Crippen LogP contribution is 2.27. The molecule has 5 nitrogen and oxygen atoms in total. The number of aryl methyl sites for hydroxylation is 1. The lowest BCUT2D eigenvalue weighted by Gasteiger charge is -2.29. The molecule has 0 saturated carbocycles. The smallest absolute Gasteiger partial charge is 0.270 e. The quantitative estimate of drug-likeness (QED) is 0.402. The summed E-state index contributed by atoms with van der Waals surface area (Å²) in [6.07, 6.45) is 1.37. The molecule has 3 aromatic rings. The molecule has 0 radical (unpaired) electrons. The van der Waals surface area contributed by atoms with Crippen LogP contribution in [0.15, 0.2) is 70.7 Å². The summed E-state index contributed by atoms with van der Waals surface area (Å²) in [6.45, 7) is 1.85. The first-order valence-electron chi connectivity index (χ1n) is 8.77. The Morgan fingerprint density at radius 1 is 1.03 bits per heavy atom. The first-order valence-corrected chi connectivity index (χ1v) is 9.18. The average Bonchev–Trinajstić information content (AvgIpc) is 3.16. The van der Waals surface area contributed by atoms with E-state index in [0.29, 0.717) is 22.8 Å². The predicted octanol–water partition coefficient (Wildman–Crippen LogP) is 4.23. The van der Waals surface area contributed by atoms with Gasteiger partial charge in [-0.15, -0.1) is 0 Å². The number of furan rings is 1. The molecule has 1 aliphatic heterocycles. The number of benzene rings is 2. The van der Waals surface area contributed by atoms with Crippen LogP contribution < -0.4 is 10.2 Å². The number of carbonyl (C=O) groups is 2. The first kappa shape index (κ1) is 18.8. The molecule has 1 aliphatic rings. The summed E-state index contributed by atoms with van der Waals surface area (Å²) >= 11 is 5.21. The van der Waals surface area contributed by atoms with Gasteiger partial charge in [0.15, 0.2) is 5.11 Å². The number of amides is 2. The fraction of sp³-hybridized carbons (Fsp3) is 0.0455. The standard InChI is InChI=1S/C22H15FN2O3S/c1-13-4-2-3-5-18(13)25-21(27)17(20(26)24-22(25)29)12-16-10-11-19(28-16)14-6-8-15(23)9-7-14/h2-12H,1H3,(H,24,26,29)/b17-12+. The van der Waals surface area contributed by atoms with Gasteiger partial charge in [0, 0.05) is 5.56 Å². The Morgan fingerprint density at radius 2 is 1.76 bits per heavy atom. The van der Waals surface area contributed by atoms with Crippen molar-refractivity contribution in [3.63, 3.8) is 0 Å². The van der Waals surface area contributed by atoms with E-state index in [1.165, 1.54) is 23.1 Å². The third-order valence-electron chi connectivity index (χ3n) is 4.50. The Bertz CT molecular complexity index is 1160. The van der Waals surface area contributed by atoms with Crippen molar-refractivity contribution in [3.8, 4) is 11.3 Å². The molecule has 2 amide bonds. The van der Waals surface area contributed by atoms with Gasteiger partial charge >= 0.3 is 0 Å². The van der Waals surface area contributed by atoms with Crippen LogP contribution in [0.3, 0.4) is 0 Å². The highest BCUT2D eigenvalue weighted by atomic mass is 32.1. The molecule has 144 valence electrons. The Morgan fingerprint density at radius 3 is 2.48 bits per heavy atom. The van der Waals surface area contributed by atoms with Crippen molar-refractivity contribution in [3.05, 3.63) is 83.4 Å². The minimum absolute atomic E-state index is 0.0258. The minimum Gasteiger partial charge on any atom is -0.457 e. The monoisotopic (exact) mass is 406 g/mol. The lowest BCUT2D eigenvalue weighted by atomic mass is 10.1. The summed E-state index contributed by atoms with van der Waals surface area (Å²) in [5.74, 6) is -0.663. The molecule has 2 heterocycles. The van der Waals surface area contributed by atoms with Crippen LogP contribution >= 0.6 is 12.2 Å². The highest BCUT2D eigenvalue weighted by molar-refractivity contribution is 7.80. The van der Waals surface area contributed by atoms with E-state index in [0.717, 1.165) is 5.56 Å². The summed E-state index contributed by atoms with van der Waals surface area (Å²) < 4.78 is 18.8. The number of carbonyl (C=O) groups excluding carboxylic acids is 2. The molecule has 0 bridgehead atoms. The Hall–Kier alpha value is -3.58. The van der Waals surface area contributed by atoms with E-state index in [1.54, 1.807) is 36.4 Å². The number of hydrogen-bond acceptors (Lipinski definition) is 4. The van der Waals surface area contributed by atoms with Crippen LogP contribution in [-0.4, -0.2) is 16.9 Å². The van der Waals surface area contributed by atoms with Crippen LogP contribution in [0.5, 0.6) is 0 Å². The van der Waals surface area contributed by atoms with E-state index >= 15 is 0 Å². The van der Waals surface area contributed by atoms with E-state index in [4.69, 9.17) is 16.6 Å². The number of thiocarbonyl (C=S) groups is 1. The minimum atomic E-state index is -0.593. The highest BCUT2D eigenvalue weighted by Gasteiger charge is 2.35. The zero-order chi connectivity index (χ0) is 20.5. The number of anilines is 1. The van der Waals surface area contributed by atoms with Gasteiger partial charge in [0.2, 0.25) is 0 Å². The summed E-state index contributed by atoms with van der Waals surface area (Å²) in [7, 11) is 0. The number of nitrogens with zero attached hydrogens (tertiary/aromatic N) is 1. The second-order valence-corrected chi connectivity index (χ2v) is 6.84. The third kappa shape index (κ3) is 3.60. The van der Waals surface area contributed by atoms with Gasteiger partial charge in [-0.2, -0.15) is 0 Å². The molecule has 29 heavy (non-hydrogen) atoms. The van der Waals surface area contributed by atoms with Crippen LogP contribution in [0.25, 0.3) is 17.4 Å². The van der Waals surface area contributed by atoms with Crippen LogP contribution in [-0.2, 0) is 9.59 Å². The molecule has 1 saturated heterocycles. The Kier molecular flexibility index (Phi) is 4.82. The number of para-hydroxylation sites is 1. The maximum Gasteiger partial charge on any atom is 0.270 e. The zero-order valence-electron chi connectivity index (χ0n) is 15.3. The molecule has 1 N–H and O–H groups in total. The maximum atomic E-state index is 13.1. The second kappa shape index (κ2) is 7.44. The second-order valence-electron chi connectivity index (χ2n) is 6.45. The molecular formula is C22H15FN2O3S. The fourth-order valence-corrected chi connectivity index (χ4v) is 3.31. The van der Waals surface area contributed by atoms with Crippen LogP contribution in [0, 0.1) is 12.7 Å². The third-order valence-corrected chi connectivity index (χ3v) is 4.78. The van der Waals surface area contributed by atoms with Crippen molar-refractivity contribution in [2.45, 2.75) is 6.92 Å². The molecule has 0 spiro atoms. The van der Waals surface area contributed by atoms with Gasteiger partial charge in [-0.1, -0.05) is 18.2 Å². The van der Waals surface area contributed by atoms with Gasteiger partial charge in [0.05, 0.1) is 5.69 Å². The van der Waals surface area contributed by atoms with Gasteiger partial charge < -0.3 is 4.42 Å². The van der Waals surface area contributed by atoms with Crippen molar-refractivity contribution in [1.29, 1.82) is 0 Å². The fourth-order valence-electron chi connectivity index (χ4n) is 3.03. The van der Waals surface area contributed by atoms with Gasteiger partial charge in [-0.05, 0) is 73.2 Å². The van der Waals surface area contributed by atoms with Crippen LogP contribution in [0.2, 0.25) is 0 Å². The number of halogens is 1. The van der Waals surface area contributed by atoms with Crippen LogP contribution in [0.4, 0.5) is 10.1 Å². The average molecular weight is 406 g/mol. The van der Waals surface area contributed by atoms with E-state index in [1.807, 2.05) is 19.1 Å². The Balaban J connectivity index is 1.68. The molecule has 2 aromatic carbocycles. The molecule has 0 atom stereocenters. The topological polar surface area (TPSA) is 62.6 Å². The maximum absolute atomic E-state index is 13.1. The summed E-state index contributed by atoms with van der Waals surface area (Å²) in [4.78, 5) is 26.7. The largest absolute Gasteiger partial charge is 0.457 e. The van der Waals surface area contributed by atoms with Crippen molar-refractivity contribution in [1.82, 2.24) is 5.32 Å². The van der Waals surface area contributed by atoms with Crippen molar-refractivity contribution < 1.29 is 18.4 Å². The SMILES string of the molecule is Cc1ccccc1N1C(=O)/C(=C/c2ccc(-c3ccc(F)cc3)o2)C(=O)NC1=S. The van der Waals surface area contributed by atoms with E-state index in [-0.39, 0.29) is 16.5 Å². The number of nitrogens with one attached hydrogen (secondary N) is 1. The molecule has 1 fully saturated rings. The van der Waals surface area contributed by atoms with Crippen molar-refractivity contribution in [2.75, 3.05) is 4.90 Å². The molecule has 1 aromatic heterocycles. The number of rotatable bonds is 3. The molecule has 0 aliphatic carbocycles. The van der Waals surface area contributed by atoms with Crippen molar-refractivity contribution >= 4 is 40.9 Å². The zero-order valence-corrected chi connectivity index (χ0v) is 16.1. The summed E-state index contributed by atoms with van der Waals surface area (Å²) in [6, 6.07) is 16.4. The number of hydrogen-bond donors (Lipinski definition) is 1. The Labute approximate surface area is 171 Å². The van der Waals surface area contributed by atoms with E-state index in [2.05, 4.69) is 5.32 Å². The van der Waals surface area contributed by atoms with Crippen molar-refractivity contribution in [2.24, 2.45) is 0 Å². The molecular weight excluding hydrogens is 391 g/mol. The predicted molar refractivity (Wildman–Crippen MR) is 111 cm³/mol. The van der Waals surface area contributed by atoms with E-state index in [9.17, 15) is 14.0 Å². The summed E-state index contributed by atoms with van der Waals surface area (Å²) in [5, 5.41) is 2.57. The molecule has 4 rings (SSSR count). The first-order chi connectivity index (χ1) is 13.9. The molecule has 0 unspecified atom stereocenters. The lowest BCUT2D eigenvalue weighted by Crippen LogP contribution is -2.54. The van der Waals surface area contributed by atoms with Gasteiger partial charge in [-0.3, -0.25) is 19.8 Å². The normalized spacial score (nSPS) is 15.7.